The molecule has 1 aliphatic heterocycles. The van der Waals surface area contributed by atoms with Crippen LogP contribution in [0.3, 0.4) is 0 Å². The van der Waals surface area contributed by atoms with Crippen molar-refractivity contribution in [3.63, 3.8) is 0 Å². The monoisotopic (exact) mass is 438 g/mol. The number of carbonyl (C=O) groups is 1. The van der Waals surface area contributed by atoms with Gasteiger partial charge in [-0.1, -0.05) is 24.3 Å². The number of ether oxygens (including phenoxy) is 2. The SMILES string of the molecule is COc1ccc(NC(=O)c2cccc(S(=O)(=O)N3CCc4ccccc43)c2)c(OC)c1. The Morgan fingerprint density at radius 1 is 0.968 bits per heavy atom. The molecule has 1 N–H and O–H groups in total. The standard InChI is InChI=1S/C23H22N2O5S/c1-29-18-10-11-20(22(15-18)30-2)24-23(26)17-7-5-8-19(14-17)31(27,28)25-13-12-16-6-3-4-9-21(16)25/h3-11,14-15H,12-13H2,1-2H3,(H,24,26). The van der Waals surface area contributed by atoms with Gasteiger partial charge in [0.05, 0.1) is 30.5 Å². The van der Waals surface area contributed by atoms with E-state index in [-0.39, 0.29) is 10.5 Å². The molecule has 8 heteroatoms. The van der Waals surface area contributed by atoms with Gasteiger partial charge >= 0.3 is 0 Å². The molecule has 0 radical (unpaired) electrons. The first kappa shape index (κ1) is 20.7. The number of carbonyl (C=O) groups excluding carboxylic acids is 1. The molecule has 7 nitrogen and oxygen atoms in total. The van der Waals surface area contributed by atoms with Crippen LogP contribution in [0.25, 0.3) is 0 Å². The van der Waals surface area contributed by atoms with Gasteiger partial charge in [-0.05, 0) is 48.4 Å². The Labute approximate surface area is 181 Å². The first-order valence-electron chi connectivity index (χ1n) is 9.68. The van der Waals surface area contributed by atoms with Crippen molar-refractivity contribution in [2.75, 3.05) is 30.4 Å². The van der Waals surface area contributed by atoms with E-state index in [0.717, 1.165) is 5.56 Å². The van der Waals surface area contributed by atoms with Gasteiger partial charge in [0, 0.05) is 18.2 Å². The molecular formula is C23H22N2O5S. The molecule has 0 atom stereocenters. The number of sulfonamides is 1. The molecule has 0 bridgehead atoms. The Morgan fingerprint density at radius 3 is 2.55 bits per heavy atom. The van der Waals surface area contributed by atoms with E-state index in [9.17, 15) is 13.2 Å². The molecule has 1 aliphatic rings. The van der Waals surface area contributed by atoms with Gasteiger partial charge in [-0.15, -0.1) is 0 Å². The molecule has 0 fully saturated rings. The highest BCUT2D eigenvalue weighted by Crippen LogP contribution is 2.33. The van der Waals surface area contributed by atoms with Crippen molar-refractivity contribution in [2.45, 2.75) is 11.3 Å². The van der Waals surface area contributed by atoms with E-state index in [0.29, 0.717) is 35.8 Å². The summed E-state index contributed by atoms with van der Waals surface area (Å²) in [4.78, 5) is 12.9. The molecule has 1 heterocycles. The minimum Gasteiger partial charge on any atom is -0.497 e. The van der Waals surface area contributed by atoms with Crippen LogP contribution in [0.1, 0.15) is 15.9 Å². The van der Waals surface area contributed by atoms with Crippen LogP contribution in [0.4, 0.5) is 11.4 Å². The van der Waals surface area contributed by atoms with Crippen molar-refractivity contribution < 1.29 is 22.7 Å². The lowest BCUT2D eigenvalue weighted by Gasteiger charge is -2.20. The van der Waals surface area contributed by atoms with E-state index in [1.165, 1.54) is 30.7 Å². The van der Waals surface area contributed by atoms with Crippen LogP contribution in [0, 0.1) is 0 Å². The predicted octanol–water partition coefficient (Wildman–Crippen LogP) is 3.71. The van der Waals surface area contributed by atoms with Gasteiger partial charge in [0.1, 0.15) is 11.5 Å². The molecule has 0 saturated heterocycles. The maximum Gasteiger partial charge on any atom is 0.264 e. The summed E-state index contributed by atoms with van der Waals surface area (Å²) in [6.07, 6.45) is 0.660. The Bertz CT molecular complexity index is 1240. The topological polar surface area (TPSA) is 84.9 Å². The molecule has 1 amide bonds. The molecule has 0 spiro atoms. The van der Waals surface area contributed by atoms with Crippen molar-refractivity contribution in [2.24, 2.45) is 0 Å². The van der Waals surface area contributed by atoms with Crippen molar-refractivity contribution in [1.82, 2.24) is 0 Å². The third-order valence-corrected chi connectivity index (χ3v) is 6.99. The van der Waals surface area contributed by atoms with Gasteiger partial charge in [0.25, 0.3) is 15.9 Å². The number of hydrogen-bond donors (Lipinski definition) is 1. The summed E-state index contributed by atoms with van der Waals surface area (Å²) < 4.78 is 38.4. The van der Waals surface area contributed by atoms with Crippen molar-refractivity contribution in [3.05, 3.63) is 77.9 Å². The van der Waals surface area contributed by atoms with Crippen LogP contribution in [0.15, 0.2) is 71.6 Å². The molecule has 0 saturated carbocycles. The smallest absolute Gasteiger partial charge is 0.264 e. The number of methoxy groups -OCH3 is 2. The zero-order chi connectivity index (χ0) is 22.0. The van der Waals surface area contributed by atoms with Crippen LogP contribution in [-0.2, 0) is 16.4 Å². The highest BCUT2D eigenvalue weighted by Gasteiger charge is 2.31. The first-order chi connectivity index (χ1) is 14.9. The van der Waals surface area contributed by atoms with Gasteiger partial charge in [-0.3, -0.25) is 9.10 Å². The molecule has 4 rings (SSSR count). The average molecular weight is 439 g/mol. The van der Waals surface area contributed by atoms with Crippen molar-refractivity contribution in [3.8, 4) is 11.5 Å². The first-order valence-corrected chi connectivity index (χ1v) is 11.1. The van der Waals surface area contributed by atoms with E-state index in [1.54, 1.807) is 36.4 Å². The van der Waals surface area contributed by atoms with Crippen molar-refractivity contribution in [1.29, 1.82) is 0 Å². The third kappa shape index (κ3) is 3.94. The number of nitrogens with one attached hydrogen (secondary N) is 1. The summed E-state index contributed by atoms with van der Waals surface area (Å²) in [5.74, 6) is 0.585. The second-order valence-electron chi connectivity index (χ2n) is 7.00. The van der Waals surface area contributed by atoms with Crippen LogP contribution in [-0.4, -0.2) is 35.1 Å². The van der Waals surface area contributed by atoms with Gasteiger partial charge in [-0.2, -0.15) is 0 Å². The van der Waals surface area contributed by atoms with Crippen LogP contribution in [0.5, 0.6) is 11.5 Å². The summed E-state index contributed by atoms with van der Waals surface area (Å²) in [5, 5.41) is 2.76. The number of rotatable bonds is 6. The molecule has 0 aromatic heterocycles. The predicted molar refractivity (Wildman–Crippen MR) is 119 cm³/mol. The Kier molecular flexibility index (Phi) is 5.56. The lowest BCUT2D eigenvalue weighted by atomic mass is 10.2. The normalized spacial score (nSPS) is 12.9. The highest BCUT2D eigenvalue weighted by atomic mass is 32.2. The Morgan fingerprint density at radius 2 is 1.77 bits per heavy atom. The quantitative estimate of drug-likeness (QED) is 0.634. The van der Waals surface area contributed by atoms with Crippen LogP contribution < -0.4 is 19.1 Å². The number of hydrogen-bond acceptors (Lipinski definition) is 5. The number of fused-ring (bicyclic) bond motifs is 1. The Balaban J connectivity index is 1.61. The average Bonchev–Trinajstić information content (AvgIpc) is 3.24. The van der Waals surface area contributed by atoms with E-state index in [2.05, 4.69) is 5.32 Å². The molecule has 0 aliphatic carbocycles. The summed E-state index contributed by atoms with van der Waals surface area (Å²) in [5.41, 5.74) is 2.35. The van der Waals surface area contributed by atoms with Gasteiger partial charge < -0.3 is 14.8 Å². The maximum absolute atomic E-state index is 13.3. The van der Waals surface area contributed by atoms with Crippen LogP contribution >= 0.6 is 0 Å². The maximum atomic E-state index is 13.3. The molecule has 0 unspecified atom stereocenters. The van der Waals surface area contributed by atoms with Crippen molar-refractivity contribution >= 4 is 27.3 Å². The van der Waals surface area contributed by atoms with Crippen LogP contribution in [0.2, 0.25) is 0 Å². The third-order valence-electron chi connectivity index (χ3n) is 5.19. The van der Waals surface area contributed by atoms with Gasteiger partial charge in [0.15, 0.2) is 0 Å². The second-order valence-corrected chi connectivity index (χ2v) is 8.87. The molecule has 160 valence electrons. The number of benzene rings is 3. The Hall–Kier alpha value is -3.52. The summed E-state index contributed by atoms with van der Waals surface area (Å²) in [7, 11) is -0.760. The highest BCUT2D eigenvalue weighted by molar-refractivity contribution is 7.92. The lowest BCUT2D eigenvalue weighted by Crippen LogP contribution is -2.29. The fraction of sp³-hybridized carbons (Fsp3) is 0.174. The molecule has 3 aromatic rings. The second kappa shape index (κ2) is 8.31. The summed E-state index contributed by atoms with van der Waals surface area (Å²) in [6.45, 7) is 0.376. The largest absolute Gasteiger partial charge is 0.497 e. The minimum absolute atomic E-state index is 0.0681. The van der Waals surface area contributed by atoms with E-state index >= 15 is 0 Å². The van der Waals surface area contributed by atoms with Gasteiger partial charge in [-0.25, -0.2) is 8.42 Å². The zero-order valence-corrected chi connectivity index (χ0v) is 18.0. The molecule has 3 aromatic carbocycles. The van der Waals surface area contributed by atoms with E-state index < -0.39 is 15.9 Å². The number of para-hydroxylation sites is 1. The number of nitrogens with zero attached hydrogens (tertiary/aromatic N) is 1. The van der Waals surface area contributed by atoms with E-state index in [1.807, 2.05) is 18.2 Å². The zero-order valence-electron chi connectivity index (χ0n) is 17.2. The fourth-order valence-corrected chi connectivity index (χ4v) is 5.13. The van der Waals surface area contributed by atoms with Gasteiger partial charge in [0.2, 0.25) is 0 Å². The fourth-order valence-electron chi connectivity index (χ4n) is 3.58. The summed E-state index contributed by atoms with van der Waals surface area (Å²) in [6, 6.07) is 18.5. The molecule has 31 heavy (non-hydrogen) atoms. The number of anilines is 2. The lowest BCUT2D eigenvalue weighted by molar-refractivity contribution is 0.102. The number of amides is 1. The van der Waals surface area contributed by atoms with E-state index in [4.69, 9.17) is 9.47 Å². The minimum atomic E-state index is -3.79. The molecular weight excluding hydrogens is 416 g/mol. The summed E-state index contributed by atoms with van der Waals surface area (Å²) >= 11 is 0.